The van der Waals surface area contributed by atoms with Crippen LogP contribution in [-0.2, 0) is 10.2 Å². The molecule has 1 unspecified atom stereocenters. The molecule has 0 radical (unpaired) electrons. The summed E-state index contributed by atoms with van der Waals surface area (Å²) in [5.74, 6) is 1.06. The summed E-state index contributed by atoms with van der Waals surface area (Å²) in [4.78, 5) is 11.8. The van der Waals surface area contributed by atoms with Crippen molar-refractivity contribution in [2.24, 2.45) is 5.92 Å². The van der Waals surface area contributed by atoms with E-state index in [0.717, 1.165) is 17.7 Å². The Hall–Kier alpha value is -1.31. The van der Waals surface area contributed by atoms with Gasteiger partial charge in [-0.3, -0.25) is 4.79 Å². The molecule has 2 heteroatoms. The molecule has 0 spiro atoms. The Balaban J connectivity index is 2.74. The minimum absolute atomic E-state index is 0.0779. The van der Waals surface area contributed by atoms with E-state index in [1.807, 2.05) is 26.8 Å². The lowest BCUT2D eigenvalue weighted by atomic mass is 9.86. The van der Waals surface area contributed by atoms with Crippen LogP contribution in [0.2, 0.25) is 0 Å². The molecule has 2 nitrogen and oxygen atoms in total. The zero-order valence-electron chi connectivity index (χ0n) is 13.0. The summed E-state index contributed by atoms with van der Waals surface area (Å²) >= 11 is 0. The lowest BCUT2D eigenvalue weighted by molar-refractivity contribution is -0.124. The summed E-state index contributed by atoms with van der Waals surface area (Å²) in [6, 6.07) is 6.19. The van der Waals surface area contributed by atoms with E-state index in [9.17, 15) is 4.79 Å². The third kappa shape index (κ3) is 4.38. The summed E-state index contributed by atoms with van der Waals surface area (Å²) in [7, 11) is 0. The van der Waals surface area contributed by atoms with Gasteiger partial charge >= 0.3 is 0 Å². The first-order valence-corrected chi connectivity index (χ1v) is 7.02. The molecule has 0 aliphatic rings. The largest absolute Gasteiger partial charge is 0.486 e. The van der Waals surface area contributed by atoms with Gasteiger partial charge in [0.1, 0.15) is 12.4 Å². The molecule has 1 atom stereocenters. The topological polar surface area (TPSA) is 26.3 Å². The van der Waals surface area contributed by atoms with Crippen LogP contribution in [0.4, 0.5) is 0 Å². The number of carbonyl (C=O) groups excluding carboxylic acids is 1. The van der Waals surface area contributed by atoms with E-state index in [2.05, 4.69) is 32.9 Å². The highest BCUT2D eigenvalue weighted by Crippen LogP contribution is 2.27. The predicted octanol–water partition coefficient (Wildman–Crippen LogP) is 4.29. The highest BCUT2D eigenvalue weighted by Gasteiger charge is 2.16. The molecule has 0 bridgehead atoms. The number of aryl methyl sites for hydroxylation is 1. The number of Topliss-reactive ketones (excluding diaryl/α,β-unsaturated/α-hetero) is 1. The van der Waals surface area contributed by atoms with Crippen LogP contribution >= 0.6 is 0 Å². The van der Waals surface area contributed by atoms with Crippen molar-refractivity contribution in [1.82, 2.24) is 0 Å². The third-order valence-electron chi connectivity index (χ3n) is 3.57. The molecule has 0 fully saturated rings. The summed E-state index contributed by atoms with van der Waals surface area (Å²) in [6.07, 6.45) is 0.865. The van der Waals surface area contributed by atoms with Crippen LogP contribution in [0.25, 0.3) is 0 Å². The molecule has 0 aliphatic heterocycles. The van der Waals surface area contributed by atoms with Crippen molar-refractivity contribution >= 4 is 5.78 Å². The van der Waals surface area contributed by atoms with Gasteiger partial charge in [0.05, 0.1) is 0 Å². The van der Waals surface area contributed by atoms with E-state index in [4.69, 9.17) is 4.74 Å². The Morgan fingerprint density at radius 3 is 2.42 bits per heavy atom. The molecule has 0 saturated heterocycles. The number of rotatable bonds is 5. The Bertz CT molecular complexity index is 441. The fraction of sp³-hybridized carbons (Fsp3) is 0.588. The first-order chi connectivity index (χ1) is 8.75. The van der Waals surface area contributed by atoms with E-state index < -0.39 is 0 Å². The Morgan fingerprint density at radius 1 is 1.32 bits per heavy atom. The zero-order valence-corrected chi connectivity index (χ0v) is 13.0. The molecule has 0 amide bonds. The van der Waals surface area contributed by atoms with Gasteiger partial charge in [0, 0.05) is 5.92 Å². The lowest BCUT2D eigenvalue weighted by Crippen LogP contribution is -2.19. The number of ether oxygens (including phenoxy) is 1. The quantitative estimate of drug-likeness (QED) is 0.791. The average molecular weight is 262 g/mol. The molecular formula is C17H26O2. The number of benzene rings is 1. The zero-order chi connectivity index (χ0) is 14.6. The van der Waals surface area contributed by atoms with Crippen molar-refractivity contribution < 1.29 is 9.53 Å². The number of ketones is 1. The molecule has 0 N–H and O–H groups in total. The van der Waals surface area contributed by atoms with Gasteiger partial charge in [-0.1, -0.05) is 46.8 Å². The van der Waals surface area contributed by atoms with Gasteiger partial charge in [-0.15, -0.1) is 0 Å². The molecule has 1 aromatic carbocycles. The first kappa shape index (κ1) is 15.7. The van der Waals surface area contributed by atoms with Crippen molar-refractivity contribution in [1.29, 1.82) is 0 Å². The van der Waals surface area contributed by atoms with Gasteiger partial charge in [0.2, 0.25) is 0 Å². The fourth-order valence-corrected chi connectivity index (χ4v) is 1.80. The van der Waals surface area contributed by atoms with Crippen molar-refractivity contribution in [2.75, 3.05) is 6.61 Å². The number of hydrogen-bond acceptors (Lipinski definition) is 2. The van der Waals surface area contributed by atoms with Gasteiger partial charge in [-0.25, -0.2) is 0 Å². The van der Waals surface area contributed by atoms with Crippen LogP contribution in [0.3, 0.4) is 0 Å². The van der Waals surface area contributed by atoms with Crippen LogP contribution in [0.5, 0.6) is 5.75 Å². The van der Waals surface area contributed by atoms with E-state index >= 15 is 0 Å². The number of hydrogen-bond donors (Lipinski definition) is 0. The Labute approximate surface area is 117 Å². The van der Waals surface area contributed by atoms with Crippen LogP contribution in [0.1, 0.15) is 52.2 Å². The Morgan fingerprint density at radius 2 is 1.95 bits per heavy atom. The second-order valence-corrected chi connectivity index (χ2v) is 6.29. The second-order valence-electron chi connectivity index (χ2n) is 6.29. The standard InChI is InChI=1S/C17H26O2/c1-7-12(2)15(18)11-19-16-9-8-14(10-13(16)3)17(4,5)6/h8-10,12H,7,11H2,1-6H3. The van der Waals surface area contributed by atoms with Gasteiger partial charge in [-0.05, 0) is 36.0 Å². The molecular weight excluding hydrogens is 236 g/mol. The summed E-state index contributed by atoms with van der Waals surface area (Å²) in [6.45, 7) is 12.7. The minimum atomic E-state index is 0.0779. The first-order valence-electron chi connectivity index (χ1n) is 7.02. The molecule has 19 heavy (non-hydrogen) atoms. The van der Waals surface area contributed by atoms with Gasteiger partial charge in [0.15, 0.2) is 5.78 Å². The lowest BCUT2D eigenvalue weighted by Gasteiger charge is -2.20. The fourth-order valence-electron chi connectivity index (χ4n) is 1.80. The summed E-state index contributed by atoms with van der Waals surface area (Å²) in [5, 5.41) is 0. The maximum absolute atomic E-state index is 11.8. The van der Waals surface area contributed by atoms with E-state index in [1.54, 1.807) is 0 Å². The Kier molecular flexibility index (Phi) is 5.16. The molecule has 106 valence electrons. The van der Waals surface area contributed by atoms with Gasteiger partial charge in [-0.2, -0.15) is 0 Å². The molecule has 0 aromatic heterocycles. The SMILES string of the molecule is CCC(C)C(=O)COc1ccc(C(C)(C)C)cc1C. The van der Waals surface area contributed by atoms with Crippen LogP contribution < -0.4 is 4.74 Å². The van der Waals surface area contributed by atoms with Crippen LogP contribution in [0.15, 0.2) is 18.2 Å². The van der Waals surface area contributed by atoms with E-state index in [0.29, 0.717) is 0 Å². The maximum Gasteiger partial charge on any atom is 0.172 e. The van der Waals surface area contributed by atoms with Gasteiger partial charge < -0.3 is 4.74 Å². The minimum Gasteiger partial charge on any atom is -0.486 e. The van der Waals surface area contributed by atoms with Crippen molar-refractivity contribution in [3.05, 3.63) is 29.3 Å². The predicted molar refractivity (Wildman–Crippen MR) is 79.8 cm³/mol. The van der Waals surface area contributed by atoms with Gasteiger partial charge in [0.25, 0.3) is 0 Å². The second kappa shape index (κ2) is 6.23. The summed E-state index contributed by atoms with van der Waals surface area (Å²) < 4.78 is 5.64. The van der Waals surface area contributed by atoms with Crippen LogP contribution in [0, 0.1) is 12.8 Å². The van der Waals surface area contributed by atoms with E-state index in [-0.39, 0.29) is 23.7 Å². The average Bonchev–Trinajstić information content (AvgIpc) is 2.34. The molecule has 0 aliphatic carbocycles. The summed E-state index contributed by atoms with van der Waals surface area (Å²) in [5.41, 5.74) is 2.51. The molecule has 0 saturated carbocycles. The number of carbonyl (C=O) groups is 1. The molecule has 1 aromatic rings. The highest BCUT2D eigenvalue weighted by atomic mass is 16.5. The van der Waals surface area contributed by atoms with Crippen molar-refractivity contribution in [3.8, 4) is 5.75 Å². The highest BCUT2D eigenvalue weighted by molar-refractivity contribution is 5.82. The van der Waals surface area contributed by atoms with Crippen molar-refractivity contribution in [3.63, 3.8) is 0 Å². The normalized spacial score (nSPS) is 13.2. The van der Waals surface area contributed by atoms with E-state index in [1.165, 1.54) is 5.56 Å². The third-order valence-corrected chi connectivity index (χ3v) is 3.57. The molecule has 0 heterocycles. The monoisotopic (exact) mass is 262 g/mol. The molecule has 1 rings (SSSR count). The van der Waals surface area contributed by atoms with Crippen LogP contribution in [-0.4, -0.2) is 12.4 Å². The van der Waals surface area contributed by atoms with Crippen molar-refractivity contribution in [2.45, 2.75) is 53.4 Å². The smallest absolute Gasteiger partial charge is 0.172 e. The maximum atomic E-state index is 11.8.